The van der Waals surface area contributed by atoms with Crippen molar-refractivity contribution in [2.24, 2.45) is 0 Å². The maximum absolute atomic E-state index is 10.6. The first-order chi connectivity index (χ1) is 8.54. The van der Waals surface area contributed by atoms with Crippen LogP contribution in [0.3, 0.4) is 0 Å². The van der Waals surface area contributed by atoms with Crippen LogP contribution in [-0.4, -0.2) is 36.7 Å². The van der Waals surface area contributed by atoms with Gasteiger partial charge in [-0.05, 0) is 38.7 Å². The van der Waals surface area contributed by atoms with Crippen LogP contribution in [0.1, 0.15) is 18.5 Å². The zero-order valence-corrected chi connectivity index (χ0v) is 11.0. The highest BCUT2D eigenvalue weighted by Gasteiger charge is 2.10. The number of carboxylic acids is 1. The topological polar surface area (TPSA) is 49.8 Å². The van der Waals surface area contributed by atoms with Crippen LogP contribution in [0.2, 0.25) is 0 Å². The monoisotopic (exact) mass is 249 g/mol. The molecule has 0 amide bonds. The molecule has 0 aliphatic rings. The Bertz CT molecular complexity index is 410. The molecule has 0 fully saturated rings. The molecule has 0 aliphatic heterocycles. The molecule has 0 aliphatic carbocycles. The van der Waals surface area contributed by atoms with Crippen LogP contribution in [0.4, 0.5) is 0 Å². The summed E-state index contributed by atoms with van der Waals surface area (Å²) in [4.78, 5) is 12.5. The van der Waals surface area contributed by atoms with Crippen LogP contribution in [0, 0.1) is 0 Å². The summed E-state index contributed by atoms with van der Waals surface area (Å²) in [6, 6.07) is 7.62. The van der Waals surface area contributed by atoms with E-state index in [0.717, 1.165) is 11.3 Å². The number of carbonyl (C=O) groups is 1. The summed E-state index contributed by atoms with van der Waals surface area (Å²) in [6.07, 6.45) is 2.83. The first kappa shape index (κ1) is 14.3. The summed E-state index contributed by atoms with van der Waals surface area (Å²) in [5.74, 6) is -0.117. The van der Waals surface area contributed by atoms with E-state index >= 15 is 0 Å². The lowest BCUT2D eigenvalue weighted by molar-refractivity contribution is -0.131. The van der Waals surface area contributed by atoms with E-state index in [0.29, 0.717) is 6.61 Å². The van der Waals surface area contributed by atoms with Gasteiger partial charge in [0.1, 0.15) is 5.75 Å². The Hall–Kier alpha value is -1.81. The molecular formula is C14H19NO3. The molecular weight excluding hydrogens is 230 g/mol. The van der Waals surface area contributed by atoms with Crippen LogP contribution in [-0.2, 0) is 4.79 Å². The van der Waals surface area contributed by atoms with Crippen LogP contribution >= 0.6 is 0 Å². The molecule has 0 saturated heterocycles. The molecule has 1 atom stereocenters. The Morgan fingerprint density at radius 3 is 2.44 bits per heavy atom. The predicted molar refractivity (Wildman–Crippen MR) is 70.8 cm³/mol. The van der Waals surface area contributed by atoms with Crippen molar-refractivity contribution in [2.45, 2.75) is 13.0 Å². The van der Waals surface area contributed by atoms with E-state index in [9.17, 15) is 4.79 Å². The van der Waals surface area contributed by atoms with E-state index in [-0.39, 0.29) is 6.04 Å². The van der Waals surface area contributed by atoms with Crippen molar-refractivity contribution in [1.82, 2.24) is 4.90 Å². The van der Waals surface area contributed by atoms with Gasteiger partial charge in [-0.25, -0.2) is 4.79 Å². The molecule has 98 valence electrons. The fourth-order valence-corrected chi connectivity index (χ4v) is 1.68. The second-order valence-corrected chi connectivity index (χ2v) is 4.11. The molecule has 1 aromatic carbocycles. The van der Waals surface area contributed by atoms with Crippen LogP contribution in [0.5, 0.6) is 5.75 Å². The van der Waals surface area contributed by atoms with Gasteiger partial charge in [0.05, 0.1) is 12.6 Å². The highest BCUT2D eigenvalue weighted by molar-refractivity contribution is 5.79. The molecule has 1 rings (SSSR count). The SMILES string of the molecule is CCOc1ccc(C(/C=C/C(=O)O)N(C)C)cc1. The molecule has 0 spiro atoms. The van der Waals surface area contributed by atoms with Gasteiger partial charge < -0.3 is 9.84 Å². The van der Waals surface area contributed by atoms with Crippen molar-refractivity contribution < 1.29 is 14.6 Å². The van der Waals surface area contributed by atoms with Crippen LogP contribution in [0.25, 0.3) is 0 Å². The normalized spacial score (nSPS) is 12.9. The van der Waals surface area contributed by atoms with Crippen LogP contribution in [0.15, 0.2) is 36.4 Å². The van der Waals surface area contributed by atoms with Gasteiger partial charge in [-0.1, -0.05) is 18.2 Å². The number of ether oxygens (including phenoxy) is 1. The number of nitrogens with zero attached hydrogens (tertiary/aromatic N) is 1. The smallest absolute Gasteiger partial charge is 0.328 e. The minimum atomic E-state index is -0.937. The Kier molecular flexibility index (Phi) is 5.39. The van der Waals surface area contributed by atoms with E-state index in [1.807, 2.05) is 50.2 Å². The minimum absolute atomic E-state index is 0.0585. The summed E-state index contributed by atoms with van der Waals surface area (Å²) < 4.78 is 5.37. The van der Waals surface area contributed by atoms with Gasteiger partial charge in [-0.2, -0.15) is 0 Å². The fraction of sp³-hybridized carbons (Fsp3) is 0.357. The van der Waals surface area contributed by atoms with Crippen LogP contribution < -0.4 is 4.74 Å². The average molecular weight is 249 g/mol. The Morgan fingerprint density at radius 2 is 2.00 bits per heavy atom. The summed E-state index contributed by atoms with van der Waals surface area (Å²) >= 11 is 0. The van der Waals surface area contributed by atoms with Gasteiger partial charge in [0.2, 0.25) is 0 Å². The third-order valence-corrected chi connectivity index (χ3v) is 2.51. The van der Waals surface area contributed by atoms with Gasteiger partial charge in [0, 0.05) is 6.08 Å². The molecule has 0 radical (unpaired) electrons. The fourth-order valence-electron chi connectivity index (χ4n) is 1.68. The molecule has 4 heteroatoms. The predicted octanol–water partition coefficient (Wildman–Crippen LogP) is 2.33. The van der Waals surface area contributed by atoms with Gasteiger partial charge in [-0.15, -0.1) is 0 Å². The highest BCUT2D eigenvalue weighted by Crippen LogP contribution is 2.22. The van der Waals surface area contributed by atoms with E-state index < -0.39 is 5.97 Å². The molecule has 0 aromatic heterocycles. The minimum Gasteiger partial charge on any atom is -0.494 e. The molecule has 1 unspecified atom stereocenters. The van der Waals surface area contributed by atoms with Crippen molar-refractivity contribution in [1.29, 1.82) is 0 Å². The molecule has 1 N–H and O–H groups in total. The Balaban J connectivity index is 2.89. The van der Waals surface area contributed by atoms with Gasteiger partial charge >= 0.3 is 5.97 Å². The van der Waals surface area contributed by atoms with Gasteiger partial charge in [0.15, 0.2) is 0 Å². The number of hydrogen-bond acceptors (Lipinski definition) is 3. The lowest BCUT2D eigenvalue weighted by atomic mass is 10.1. The summed E-state index contributed by atoms with van der Waals surface area (Å²) in [5, 5.41) is 8.68. The zero-order chi connectivity index (χ0) is 13.5. The number of aliphatic carboxylic acids is 1. The molecule has 0 saturated carbocycles. The number of carboxylic acid groups (broad SMARTS) is 1. The first-order valence-electron chi connectivity index (χ1n) is 5.85. The maximum Gasteiger partial charge on any atom is 0.328 e. The third kappa shape index (κ3) is 4.22. The highest BCUT2D eigenvalue weighted by atomic mass is 16.5. The largest absolute Gasteiger partial charge is 0.494 e. The van der Waals surface area contributed by atoms with Crippen molar-refractivity contribution >= 4 is 5.97 Å². The first-order valence-corrected chi connectivity index (χ1v) is 5.85. The second-order valence-electron chi connectivity index (χ2n) is 4.11. The number of hydrogen-bond donors (Lipinski definition) is 1. The summed E-state index contributed by atoms with van der Waals surface area (Å²) in [7, 11) is 3.82. The standard InChI is InChI=1S/C14H19NO3/c1-4-18-12-7-5-11(6-8-12)13(15(2)3)9-10-14(16)17/h5-10,13H,4H2,1-3H3,(H,16,17)/b10-9+. The summed E-state index contributed by atoms with van der Waals surface area (Å²) in [5.41, 5.74) is 1.03. The lowest BCUT2D eigenvalue weighted by Gasteiger charge is -2.21. The molecule has 1 aromatic rings. The maximum atomic E-state index is 10.6. The van der Waals surface area contributed by atoms with Gasteiger partial charge in [-0.3, -0.25) is 4.90 Å². The van der Waals surface area contributed by atoms with E-state index in [4.69, 9.17) is 9.84 Å². The van der Waals surface area contributed by atoms with E-state index in [1.54, 1.807) is 6.08 Å². The van der Waals surface area contributed by atoms with Crippen molar-refractivity contribution in [3.63, 3.8) is 0 Å². The van der Waals surface area contributed by atoms with Crippen molar-refractivity contribution in [3.8, 4) is 5.75 Å². The second kappa shape index (κ2) is 6.81. The number of benzene rings is 1. The molecule has 0 bridgehead atoms. The van der Waals surface area contributed by atoms with Crippen molar-refractivity contribution in [3.05, 3.63) is 42.0 Å². The molecule has 4 nitrogen and oxygen atoms in total. The lowest BCUT2D eigenvalue weighted by Crippen LogP contribution is -2.18. The average Bonchev–Trinajstić information content (AvgIpc) is 2.31. The van der Waals surface area contributed by atoms with Crippen molar-refractivity contribution in [2.75, 3.05) is 20.7 Å². The zero-order valence-electron chi connectivity index (χ0n) is 11.0. The third-order valence-electron chi connectivity index (χ3n) is 2.51. The molecule has 0 heterocycles. The summed E-state index contributed by atoms with van der Waals surface area (Å²) in [6.45, 7) is 2.57. The van der Waals surface area contributed by atoms with E-state index in [2.05, 4.69) is 0 Å². The number of likely N-dealkylation sites (N-methyl/N-ethyl adjacent to an activating group) is 1. The quantitative estimate of drug-likeness (QED) is 0.786. The Morgan fingerprint density at radius 1 is 1.39 bits per heavy atom. The van der Waals surface area contributed by atoms with E-state index in [1.165, 1.54) is 6.08 Å². The van der Waals surface area contributed by atoms with Gasteiger partial charge in [0.25, 0.3) is 0 Å². The number of rotatable bonds is 6. The Labute approximate surface area is 107 Å². The molecule has 18 heavy (non-hydrogen) atoms.